The second-order valence-corrected chi connectivity index (χ2v) is 13.5. The molecule has 0 unspecified atom stereocenters. The monoisotopic (exact) mass is 646 g/mol. The second-order valence-electron chi connectivity index (χ2n) is 9.43. The predicted molar refractivity (Wildman–Crippen MR) is 179 cm³/mol. The predicted octanol–water partition coefficient (Wildman–Crippen LogP) is 8.30. The Morgan fingerprint density at radius 1 is 0.857 bits per heavy atom. The van der Waals surface area contributed by atoms with Crippen molar-refractivity contribution in [2.24, 2.45) is 10.8 Å². The van der Waals surface area contributed by atoms with Crippen molar-refractivity contribution >= 4 is 51.3 Å². The standard InChI is InChI=1S/C13H16N4S2.C13H18N2S2.C4H8O2/c1-10-16-12(9-18-10)4-5-13-7-11(8-19-13)3-2-6-15-17-14;1-10-15-12(9-16-10)4-5-13-7-11(8-17-13)3-2-6-14;1-3-6-4(2)5/h7-9H,2-6H2,1H3;7-9H,2-6,14H2,1H3;3H2,1-2H3. The van der Waals surface area contributed by atoms with Crippen molar-refractivity contribution in [2.45, 2.75) is 79.1 Å². The minimum Gasteiger partial charge on any atom is -0.466 e. The Morgan fingerprint density at radius 3 is 1.76 bits per heavy atom. The zero-order valence-electron chi connectivity index (χ0n) is 25.0. The molecule has 2 N–H and O–H groups in total. The number of thiophene rings is 2. The number of carbonyl (C=O) groups is 1. The van der Waals surface area contributed by atoms with Crippen molar-refractivity contribution in [3.8, 4) is 0 Å². The average Bonchev–Trinajstić information content (AvgIpc) is 3.77. The van der Waals surface area contributed by atoms with Gasteiger partial charge in [0.25, 0.3) is 0 Å². The topological polar surface area (TPSA) is 127 Å². The lowest BCUT2D eigenvalue weighted by molar-refractivity contribution is -0.140. The number of thiazole rings is 2. The fraction of sp³-hybridized carbons (Fsp3) is 0.500. The molecule has 4 rings (SSSR count). The molecule has 0 spiro atoms. The number of nitrogens with zero attached hydrogens (tertiary/aromatic N) is 5. The van der Waals surface area contributed by atoms with E-state index in [1.165, 1.54) is 39.2 Å². The first-order valence-electron chi connectivity index (χ1n) is 14.1. The maximum atomic E-state index is 9.82. The highest BCUT2D eigenvalue weighted by atomic mass is 32.1. The molecule has 12 heteroatoms. The van der Waals surface area contributed by atoms with E-state index in [1.54, 1.807) is 29.6 Å². The number of carbonyl (C=O) groups excluding carboxylic acids is 1. The van der Waals surface area contributed by atoms with Crippen LogP contribution >= 0.6 is 45.3 Å². The van der Waals surface area contributed by atoms with E-state index in [1.807, 2.05) is 29.6 Å². The molecule has 0 atom stereocenters. The van der Waals surface area contributed by atoms with Crippen molar-refractivity contribution in [3.63, 3.8) is 0 Å². The number of hydrogen-bond acceptors (Lipinski definition) is 10. The van der Waals surface area contributed by atoms with E-state index in [0.29, 0.717) is 13.2 Å². The van der Waals surface area contributed by atoms with Crippen LogP contribution in [0.1, 0.15) is 69.0 Å². The van der Waals surface area contributed by atoms with Crippen molar-refractivity contribution < 1.29 is 9.53 Å². The number of aromatic nitrogens is 2. The summed E-state index contributed by atoms with van der Waals surface area (Å²) in [4.78, 5) is 24.4. The van der Waals surface area contributed by atoms with Gasteiger partial charge in [-0.2, -0.15) is 0 Å². The van der Waals surface area contributed by atoms with E-state index in [-0.39, 0.29) is 5.97 Å². The third kappa shape index (κ3) is 15.6. The molecule has 0 aliphatic rings. The minimum atomic E-state index is -0.211. The Kier molecular flexibility index (Phi) is 17.9. The van der Waals surface area contributed by atoms with Crippen LogP contribution in [0.4, 0.5) is 0 Å². The van der Waals surface area contributed by atoms with Crippen LogP contribution in [0.5, 0.6) is 0 Å². The Balaban J connectivity index is 0.000000248. The van der Waals surface area contributed by atoms with E-state index < -0.39 is 0 Å². The molecule has 0 aliphatic heterocycles. The lowest BCUT2D eigenvalue weighted by atomic mass is 10.1. The number of aryl methyl sites for hydroxylation is 8. The average molecular weight is 647 g/mol. The van der Waals surface area contributed by atoms with Gasteiger partial charge in [-0.1, -0.05) is 5.11 Å². The molecule has 0 saturated carbocycles. The highest BCUT2D eigenvalue weighted by Crippen LogP contribution is 2.20. The normalized spacial score (nSPS) is 10.2. The Hall–Kier alpha value is -2.60. The van der Waals surface area contributed by atoms with Gasteiger partial charge in [-0.25, -0.2) is 9.97 Å². The minimum absolute atomic E-state index is 0.211. The van der Waals surface area contributed by atoms with E-state index >= 15 is 0 Å². The zero-order valence-corrected chi connectivity index (χ0v) is 28.3. The van der Waals surface area contributed by atoms with Crippen LogP contribution in [0.3, 0.4) is 0 Å². The van der Waals surface area contributed by atoms with E-state index in [0.717, 1.165) is 67.9 Å². The van der Waals surface area contributed by atoms with Gasteiger partial charge < -0.3 is 10.5 Å². The SMILES string of the molecule is CCOC(C)=O.Cc1nc(CCc2cc(CCCN)cs2)cs1.Cc1nc(CCc2cc(CCCN=[N+]=[N-])cs2)cs1. The fourth-order valence-corrected chi connectivity index (χ4v) is 6.98. The Morgan fingerprint density at radius 2 is 1.38 bits per heavy atom. The van der Waals surface area contributed by atoms with Crippen LogP contribution in [0.2, 0.25) is 0 Å². The number of esters is 1. The molecule has 4 heterocycles. The number of rotatable bonds is 14. The third-order valence-corrected chi connectivity index (χ3v) is 9.54. The van der Waals surface area contributed by atoms with Gasteiger partial charge in [0.15, 0.2) is 0 Å². The van der Waals surface area contributed by atoms with Gasteiger partial charge in [-0.3, -0.25) is 4.79 Å². The molecule has 0 radical (unpaired) electrons. The molecule has 0 fully saturated rings. The van der Waals surface area contributed by atoms with Gasteiger partial charge in [-0.15, -0.1) is 45.3 Å². The van der Waals surface area contributed by atoms with E-state index in [4.69, 9.17) is 11.3 Å². The van der Waals surface area contributed by atoms with Gasteiger partial charge in [0.2, 0.25) is 0 Å². The van der Waals surface area contributed by atoms with Crippen LogP contribution in [0.15, 0.2) is 38.8 Å². The lowest BCUT2D eigenvalue weighted by Crippen LogP contribution is -1.99. The van der Waals surface area contributed by atoms with Gasteiger partial charge in [0.05, 0.1) is 28.0 Å². The summed E-state index contributed by atoms with van der Waals surface area (Å²) in [7, 11) is 0. The maximum Gasteiger partial charge on any atom is 0.302 e. The zero-order chi connectivity index (χ0) is 30.6. The largest absolute Gasteiger partial charge is 0.466 e. The molecule has 4 aromatic rings. The van der Waals surface area contributed by atoms with Crippen LogP contribution < -0.4 is 5.73 Å². The van der Waals surface area contributed by atoms with Crippen molar-refractivity contribution in [3.05, 3.63) is 86.4 Å². The molecular formula is C30H42N6O2S4. The summed E-state index contributed by atoms with van der Waals surface area (Å²) in [5.41, 5.74) is 18.9. The number of nitrogens with two attached hydrogens (primary N) is 1. The molecule has 0 aromatic carbocycles. The van der Waals surface area contributed by atoms with E-state index in [2.05, 4.69) is 65.3 Å². The molecule has 0 saturated heterocycles. The van der Waals surface area contributed by atoms with Gasteiger partial charge >= 0.3 is 5.97 Å². The molecule has 228 valence electrons. The summed E-state index contributed by atoms with van der Waals surface area (Å²) in [6, 6.07) is 4.58. The van der Waals surface area contributed by atoms with Crippen molar-refractivity contribution in [1.82, 2.24) is 9.97 Å². The highest BCUT2D eigenvalue weighted by molar-refractivity contribution is 7.10. The van der Waals surface area contributed by atoms with Gasteiger partial charge in [0.1, 0.15) is 0 Å². The Labute approximate surface area is 265 Å². The van der Waals surface area contributed by atoms with E-state index in [9.17, 15) is 4.79 Å². The summed E-state index contributed by atoms with van der Waals surface area (Å²) in [6.07, 6.45) is 8.35. The van der Waals surface area contributed by atoms with Crippen molar-refractivity contribution in [2.75, 3.05) is 19.7 Å². The summed E-state index contributed by atoms with van der Waals surface area (Å²) in [5.74, 6) is -0.211. The van der Waals surface area contributed by atoms with Crippen molar-refractivity contribution in [1.29, 1.82) is 0 Å². The first kappa shape index (κ1) is 35.6. The lowest BCUT2D eigenvalue weighted by Gasteiger charge is -1.95. The van der Waals surface area contributed by atoms with Gasteiger partial charge in [-0.05, 0) is 118 Å². The molecule has 4 aromatic heterocycles. The third-order valence-electron chi connectivity index (χ3n) is 5.81. The van der Waals surface area contributed by atoms with Crippen LogP contribution in [-0.2, 0) is 48.1 Å². The summed E-state index contributed by atoms with van der Waals surface area (Å²) >= 11 is 7.12. The Bertz CT molecular complexity index is 1350. The highest BCUT2D eigenvalue weighted by Gasteiger charge is 2.04. The number of ether oxygens (including phenoxy) is 1. The molecule has 42 heavy (non-hydrogen) atoms. The molecule has 0 amide bonds. The first-order valence-corrected chi connectivity index (χ1v) is 17.6. The smallest absolute Gasteiger partial charge is 0.302 e. The summed E-state index contributed by atoms with van der Waals surface area (Å²) in [5, 5.41) is 14.6. The quantitative estimate of drug-likeness (QED) is 0.0485. The molecule has 0 aliphatic carbocycles. The maximum absolute atomic E-state index is 9.82. The fourth-order valence-electron chi connectivity index (χ4n) is 3.83. The second kappa shape index (κ2) is 21.1. The van der Waals surface area contributed by atoms with Crippen LogP contribution in [0.25, 0.3) is 10.4 Å². The molecule has 0 bridgehead atoms. The van der Waals surface area contributed by atoms with Crippen LogP contribution in [-0.4, -0.2) is 35.6 Å². The number of hydrogen-bond donors (Lipinski definition) is 1. The van der Waals surface area contributed by atoms with Crippen LogP contribution in [0, 0.1) is 13.8 Å². The van der Waals surface area contributed by atoms with Gasteiger partial charge in [0, 0.05) is 38.9 Å². The number of azide groups is 1. The molecule has 8 nitrogen and oxygen atoms in total. The summed E-state index contributed by atoms with van der Waals surface area (Å²) in [6.45, 7) is 9.12. The first-order chi connectivity index (χ1) is 20.3. The molecular weight excluding hydrogens is 605 g/mol. The summed E-state index contributed by atoms with van der Waals surface area (Å²) < 4.78 is 4.40.